The molecule has 1 saturated heterocycles. The number of hydrogen-bond acceptors (Lipinski definition) is 5. The highest BCUT2D eigenvalue weighted by Crippen LogP contribution is 2.26. The van der Waals surface area contributed by atoms with Gasteiger partial charge in [0.25, 0.3) is 0 Å². The molecule has 1 atom stereocenters. The van der Waals surface area contributed by atoms with Gasteiger partial charge in [0, 0.05) is 12.2 Å². The predicted octanol–water partition coefficient (Wildman–Crippen LogP) is 1.81. The molecule has 1 aliphatic rings. The Morgan fingerprint density at radius 2 is 1.84 bits per heavy atom. The van der Waals surface area contributed by atoms with Crippen molar-refractivity contribution >= 4 is 6.29 Å². The van der Waals surface area contributed by atoms with Gasteiger partial charge in [-0.25, -0.2) is 0 Å². The van der Waals surface area contributed by atoms with E-state index in [0.717, 1.165) is 19.1 Å². The Hall–Kier alpha value is -2.58. The first kappa shape index (κ1) is 14.5. The zero-order valence-corrected chi connectivity index (χ0v) is 11.0. The summed E-state index contributed by atoms with van der Waals surface area (Å²) < 4.78 is 0. The van der Waals surface area contributed by atoms with Crippen molar-refractivity contribution in [1.82, 2.24) is 4.90 Å². The summed E-state index contributed by atoms with van der Waals surface area (Å²) >= 11 is 0. The summed E-state index contributed by atoms with van der Waals surface area (Å²) in [6, 6.07) is 5.38. The van der Waals surface area contributed by atoms with Gasteiger partial charge in [-0.05, 0) is 32.3 Å². The molecule has 0 saturated carbocycles. The van der Waals surface area contributed by atoms with Crippen molar-refractivity contribution in [3.63, 3.8) is 0 Å². The average molecular weight is 254 g/mol. The van der Waals surface area contributed by atoms with Crippen LogP contribution >= 0.6 is 0 Å². The van der Waals surface area contributed by atoms with Crippen LogP contribution in [0.2, 0.25) is 0 Å². The maximum atomic E-state index is 11.0. The SMILES string of the molecule is CC(=C(C#N)C#N)/C(C#N)=C(\C)N1CCCC1C=O. The molecule has 0 radical (unpaired) electrons. The second kappa shape index (κ2) is 6.38. The average Bonchev–Trinajstić information content (AvgIpc) is 2.89. The summed E-state index contributed by atoms with van der Waals surface area (Å²) in [6.45, 7) is 4.04. The van der Waals surface area contributed by atoms with Crippen LogP contribution in [0.25, 0.3) is 0 Å². The fourth-order valence-corrected chi connectivity index (χ4v) is 2.25. The Morgan fingerprint density at radius 3 is 2.32 bits per heavy atom. The van der Waals surface area contributed by atoms with Crippen molar-refractivity contribution in [2.45, 2.75) is 32.7 Å². The number of allylic oxidation sites excluding steroid dienone is 4. The van der Waals surface area contributed by atoms with Gasteiger partial charge in [-0.15, -0.1) is 0 Å². The van der Waals surface area contributed by atoms with Crippen molar-refractivity contribution in [2.24, 2.45) is 0 Å². The third-order valence-corrected chi connectivity index (χ3v) is 3.33. The maximum Gasteiger partial charge on any atom is 0.142 e. The molecule has 1 rings (SSSR count). The molecule has 1 aliphatic heterocycles. The first-order valence-electron chi connectivity index (χ1n) is 5.95. The summed E-state index contributed by atoms with van der Waals surface area (Å²) in [6.07, 6.45) is 2.54. The van der Waals surface area contributed by atoms with Gasteiger partial charge >= 0.3 is 0 Å². The van der Waals surface area contributed by atoms with E-state index >= 15 is 0 Å². The highest BCUT2D eigenvalue weighted by atomic mass is 16.1. The molecule has 0 aromatic carbocycles. The molecule has 0 aliphatic carbocycles. The molecule has 0 amide bonds. The lowest BCUT2D eigenvalue weighted by molar-refractivity contribution is -0.111. The highest BCUT2D eigenvalue weighted by molar-refractivity contribution is 5.60. The van der Waals surface area contributed by atoms with Crippen LogP contribution in [0.1, 0.15) is 26.7 Å². The van der Waals surface area contributed by atoms with Crippen molar-refractivity contribution in [2.75, 3.05) is 6.54 Å². The van der Waals surface area contributed by atoms with Crippen LogP contribution in [0, 0.1) is 34.0 Å². The molecule has 0 N–H and O–H groups in total. The standard InChI is InChI=1S/C14H14N4O/c1-10(12(6-15)7-16)14(8-17)11(2)18-5-3-4-13(18)9-19/h9,13H,3-5H2,1-2H3/b14-11+. The van der Waals surface area contributed by atoms with Gasteiger partial charge in [-0.3, -0.25) is 0 Å². The van der Waals surface area contributed by atoms with Gasteiger partial charge < -0.3 is 9.69 Å². The number of hydrogen-bond donors (Lipinski definition) is 0. The maximum absolute atomic E-state index is 11.0. The summed E-state index contributed by atoms with van der Waals surface area (Å²) in [5.41, 5.74) is 1.24. The molecule has 5 heteroatoms. The normalized spacial score (nSPS) is 18.7. The van der Waals surface area contributed by atoms with Crippen molar-refractivity contribution in [3.05, 3.63) is 22.4 Å². The van der Waals surface area contributed by atoms with E-state index in [9.17, 15) is 10.1 Å². The first-order chi connectivity index (χ1) is 9.10. The molecule has 19 heavy (non-hydrogen) atoms. The lowest BCUT2D eigenvalue weighted by Crippen LogP contribution is -2.29. The number of carbonyl (C=O) groups excluding carboxylic acids is 1. The first-order valence-corrected chi connectivity index (χ1v) is 5.95. The molecule has 0 spiro atoms. The van der Waals surface area contributed by atoms with E-state index in [-0.39, 0.29) is 11.6 Å². The number of rotatable bonds is 3. The van der Waals surface area contributed by atoms with Gasteiger partial charge in [-0.2, -0.15) is 15.8 Å². The van der Waals surface area contributed by atoms with Crippen LogP contribution in [-0.2, 0) is 4.79 Å². The summed E-state index contributed by atoms with van der Waals surface area (Å²) in [5, 5.41) is 27.0. The molecule has 1 heterocycles. The smallest absolute Gasteiger partial charge is 0.142 e. The molecular weight excluding hydrogens is 240 g/mol. The van der Waals surface area contributed by atoms with Gasteiger partial charge in [0.15, 0.2) is 0 Å². The molecular formula is C14H14N4O. The minimum Gasteiger partial charge on any atom is -0.364 e. The van der Waals surface area contributed by atoms with E-state index in [2.05, 4.69) is 0 Å². The Kier molecular flexibility index (Phi) is 4.86. The van der Waals surface area contributed by atoms with Gasteiger partial charge in [0.2, 0.25) is 0 Å². The molecule has 1 fully saturated rings. The second-order valence-corrected chi connectivity index (χ2v) is 4.33. The number of nitrogens with zero attached hydrogens (tertiary/aromatic N) is 4. The summed E-state index contributed by atoms with van der Waals surface area (Å²) in [5.74, 6) is 0. The van der Waals surface area contributed by atoms with Crippen molar-refractivity contribution < 1.29 is 4.79 Å². The lowest BCUT2D eigenvalue weighted by Gasteiger charge is -2.24. The van der Waals surface area contributed by atoms with Gasteiger partial charge in [0.05, 0.1) is 11.6 Å². The Morgan fingerprint density at radius 1 is 1.21 bits per heavy atom. The van der Waals surface area contributed by atoms with E-state index < -0.39 is 0 Å². The molecule has 1 unspecified atom stereocenters. The van der Waals surface area contributed by atoms with Crippen LogP contribution in [0.15, 0.2) is 22.4 Å². The fourth-order valence-electron chi connectivity index (χ4n) is 2.25. The van der Waals surface area contributed by atoms with Crippen LogP contribution in [-0.4, -0.2) is 23.8 Å². The zero-order chi connectivity index (χ0) is 14.4. The third-order valence-electron chi connectivity index (χ3n) is 3.33. The van der Waals surface area contributed by atoms with E-state index in [1.807, 2.05) is 11.0 Å². The molecule has 0 aromatic rings. The van der Waals surface area contributed by atoms with Crippen LogP contribution in [0.5, 0.6) is 0 Å². The third kappa shape index (κ3) is 2.81. The van der Waals surface area contributed by atoms with Crippen LogP contribution < -0.4 is 0 Å². The minimum absolute atomic E-state index is 0.0715. The Bertz CT molecular complexity index is 550. The second-order valence-electron chi connectivity index (χ2n) is 4.33. The Balaban J connectivity index is 3.30. The summed E-state index contributed by atoms with van der Waals surface area (Å²) in [7, 11) is 0. The number of aldehydes is 1. The van der Waals surface area contributed by atoms with Crippen LogP contribution in [0.3, 0.4) is 0 Å². The largest absolute Gasteiger partial charge is 0.364 e. The number of carbonyl (C=O) groups is 1. The number of nitriles is 3. The fraction of sp³-hybridized carbons (Fsp3) is 0.429. The molecule has 0 bridgehead atoms. The lowest BCUT2D eigenvalue weighted by atomic mass is 10.0. The van der Waals surface area contributed by atoms with E-state index in [0.29, 0.717) is 23.4 Å². The molecule has 0 aromatic heterocycles. The zero-order valence-electron chi connectivity index (χ0n) is 11.0. The number of likely N-dealkylation sites (tertiary alicyclic amines) is 1. The minimum atomic E-state index is -0.219. The molecule has 5 nitrogen and oxygen atoms in total. The highest BCUT2D eigenvalue weighted by Gasteiger charge is 2.26. The topological polar surface area (TPSA) is 91.7 Å². The van der Waals surface area contributed by atoms with Crippen molar-refractivity contribution in [3.8, 4) is 18.2 Å². The van der Waals surface area contributed by atoms with Crippen molar-refractivity contribution in [1.29, 1.82) is 15.8 Å². The van der Waals surface area contributed by atoms with E-state index in [1.165, 1.54) is 0 Å². The predicted molar refractivity (Wildman–Crippen MR) is 68.0 cm³/mol. The molecule has 96 valence electrons. The quantitative estimate of drug-likeness (QED) is 0.435. The van der Waals surface area contributed by atoms with E-state index in [4.69, 9.17) is 10.5 Å². The van der Waals surface area contributed by atoms with Gasteiger partial charge in [0.1, 0.15) is 30.1 Å². The summed E-state index contributed by atoms with van der Waals surface area (Å²) in [4.78, 5) is 12.8. The van der Waals surface area contributed by atoms with Gasteiger partial charge in [-0.1, -0.05) is 0 Å². The van der Waals surface area contributed by atoms with E-state index in [1.54, 1.807) is 26.0 Å². The Labute approximate surface area is 112 Å². The monoisotopic (exact) mass is 254 g/mol. The van der Waals surface area contributed by atoms with Crippen LogP contribution in [0.4, 0.5) is 0 Å².